The molecule has 1 amide bonds. The van der Waals surface area contributed by atoms with Crippen LogP contribution in [0.1, 0.15) is 116 Å². The molecule has 48 heavy (non-hydrogen) atoms. The highest BCUT2D eigenvalue weighted by Gasteiger charge is 2.56. The Kier molecular flexibility index (Phi) is 14.5. The summed E-state index contributed by atoms with van der Waals surface area (Å²) < 4.78 is 75.2. The lowest BCUT2D eigenvalue weighted by Crippen LogP contribution is -2.45. The number of nitrogens with zero attached hydrogens (tertiary/aromatic N) is 1. The molecule has 5 nitrogen and oxygen atoms in total. The van der Waals surface area contributed by atoms with Crippen molar-refractivity contribution in [3.63, 3.8) is 0 Å². The van der Waals surface area contributed by atoms with Gasteiger partial charge in [-0.2, -0.15) is 34.6 Å². The van der Waals surface area contributed by atoms with Gasteiger partial charge in [0, 0.05) is 20.1 Å². The number of methoxy groups -OCH3 is 1. The summed E-state index contributed by atoms with van der Waals surface area (Å²) in [5, 5.41) is 0. The minimum atomic E-state index is -5.42. The van der Waals surface area contributed by atoms with Crippen LogP contribution >= 0.6 is 12.6 Å². The van der Waals surface area contributed by atoms with Crippen molar-refractivity contribution in [1.82, 2.24) is 4.90 Å². The number of rotatable bonds is 7. The predicted molar refractivity (Wildman–Crippen MR) is 183 cm³/mol. The third kappa shape index (κ3) is 10.0. The van der Waals surface area contributed by atoms with Crippen molar-refractivity contribution in [3.8, 4) is 5.75 Å². The summed E-state index contributed by atoms with van der Waals surface area (Å²) in [4.78, 5) is 14.3. The van der Waals surface area contributed by atoms with Gasteiger partial charge in [-0.05, 0) is 109 Å². The lowest BCUT2D eigenvalue weighted by atomic mass is 9.55. The Morgan fingerprint density at radius 3 is 2.33 bits per heavy atom. The first kappa shape index (κ1) is 40.8. The fourth-order valence-corrected chi connectivity index (χ4v) is 7.96. The zero-order valence-corrected chi connectivity index (χ0v) is 30.8. The first-order valence-electron chi connectivity index (χ1n) is 17.7. The smallest absolute Gasteiger partial charge is 0.410 e. The highest BCUT2D eigenvalue weighted by molar-refractivity contribution is 7.80. The van der Waals surface area contributed by atoms with Gasteiger partial charge in [0.25, 0.3) is 0 Å². The number of halogens is 5. The molecule has 276 valence electrons. The molecule has 11 heteroatoms. The van der Waals surface area contributed by atoms with E-state index in [1.54, 1.807) is 4.90 Å². The van der Waals surface area contributed by atoms with Crippen LogP contribution in [0.5, 0.6) is 5.75 Å². The maximum Gasteiger partial charge on any atom is 0.453 e. The summed E-state index contributed by atoms with van der Waals surface area (Å²) in [6.45, 7) is 15.3. The molecule has 3 fully saturated rings. The molecule has 1 aromatic carbocycles. The lowest BCUT2D eigenvalue weighted by Gasteiger charge is -2.50. The zero-order chi connectivity index (χ0) is 35.9. The van der Waals surface area contributed by atoms with Crippen LogP contribution in [-0.4, -0.2) is 67.9 Å². The number of morpholine rings is 1. The third-order valence-corrected chi connectivity index (χ3v) is 11.9. The van der Waals surface area contributed by atoms with Crippen molar-refractivity contribution in [2.45, 2.75) is 136 Å². The van der Waals surface area contributed by atoms with Gasteiger partial charge in [0.05, 0.1) is 25.4 Å². The van der Waals surface area contributed by atoms with E-state index in [0.717, 1.165) is 18.3 Å². The summed E-state index contributed by atoms with van der Waals surface area (Å²) >= 11 is 3.53. The normalized spacial score (nSPS) is 28.5. The SMILES string of the molecule is CCC(C)(C)CC.COC1CCC2C3CCc4cc(OC(=O)N5CCOC(C)C5)ccc4C3CCC12C.FC(F)(F)C(F)(F)CCCS. The monoisotopic (exact) mass is 707 g/mol. The number of carbonyl (C=O) groups is 1. The average molecular weight is 708 g/mol. The molecule has 0 bridgehead atoms. The van der Waals surface area contributed by atoms with E-state index in [1.807, 2.05) is 20.1 Å². The van der Waals surface area contributed by atoms with Crippen molar-refractivity contribution in [3.05, 3.63) is 29.3 Å². The van der Waals surface area contributed by atoms with E-state index in [2.05, 4.69) is 59.4 Å². The fraction of sp³-hybridized carbons (Fsp3) is 0.811. The Labute approximate surface area is 290 Å². The van der Waals surface area contributed by atoms with Crippen LogP contribution in [0.25, 0.3) is 0 Å². The number of hydrogen-bond donors (Lipinski definition) is 1. The van der Waals surface area contributed by atoms with Crippen LogP contribution in [0.3, 0.4) is 0 Å². The number of thiol groups is 1. The average Bonchev–Trinajstić information content (AvgIpc) is 3.40. The number of benzene rings is 1. The van der Waals surface area contributed by atoms with Gasteiger partial charge in [-0.1, -0.05) is 53.5 Å². The molecule has 0 spiro atoms. The van der Waals surface area contributed by atoms with Crippen LogP contribution in [0.15, 0.2) is 18.2 Å². The summed E-state index contributed by atoms with van der Waals surface area (Å²) in [7, 11) is 1.89. The van der Waals surface area contributed by atoms with E-state index in [9.17, 15) is 26.7 Å². The van der Waals surface area contributed by atoms with E-state index in [4.69, 9.17) is 14.2 Å². The van der Waals surface area contributed by atoms with Crippen LogP contribution < -0.4 is 4.74 Å². The largest absolute Gasteiger partial charge is 0.453 e. The molecule has 0 aromatic heterocycles. The summed E-state index contributed by atoms with van der Waals surface area (Å²) in [6.07, 6.45) is 3.32. The molecule has 1 aromatic rings. The molecular formula is C37H58F5NO4S. The van der Waals surface area contributed by atoms with Crippen LogP contribution in [0.2, 0.25) is 0 Å². The number of alkyl halides is 5. The molecule has 1 aliphatic heterocycles. The summed E-state index contributed by atoms with van der Waals surface area (Å²) in [5.41, 5.74) is 3.80. The maximum atomic E-state index is 12.6. The Hall–Kier alpha value is -1.59. The lowest BCUT2D eigenvalue weighted by molar-refractivity contribution is -0.284. The Morgan fingerprint density at radius 1 is 1.08 bits per heavy atom. The van der Waals surface area contributed by atoms with E-state index in [1.165, 1.54) is 56.1 Å². The van der Waals surface area contributed by atoms with E-state index >= 15 is 0 Å². The van der Waals surface area contributed by atoms with Gasteiger partial charge in [0.15, 0.2) is 0 Å². The molecule has 0 N–H and O–H groups in total. The van der Waals surface area contributed by atoms with Gasteiger partial charge in [-0.25, -0.2) is 4.79 Å². The first-order valence-corrected chi connectivity index (χ1v) is 18.4. The highest BCUT2D eigenvalue weighted by atomic mass is 32.1. The van der Waals surface area contributed by atoms with E-state index in [0.29, 0.717) is 48.3 Å². The second-order valence-electron chi connectivity index (χ2n) is 15.0. The quantitative estimate of drug-likeness (QED) is 0.226. The number of amides is 1. The number of aryl methyl sites for hydroxylation is 1. The van der Waals surface area contributed by atoms with Crippen molar-refractivity contribution >= 4 is 18.7 Å². The van der Waals surface area contributed by atoms with Gasteiger partial charge in [0.2, 0.25) is 0 Å². The number of fused-ring (bicyclic) bond motifs is 5. The van der Waals surface area contributed by atoms with Crippen LogP contribution in [0, 0.1) is 22.7 Å². The Bertz CT molecular complexity index is 1170. The third-order valence-electron chi connectivity index (χ3n) is 11.6. The predicted octanol–water partition coefficient (Wildman–Crippen LogP) is 10.5. The van der Waals surface area contributed by atoms with E-state index < -0.39 is 18.5 Å². The number of carbonyl (C=O) groups excluding carboxylic acids is 1. The molecule has 6 atom stereocenters. The minimum Gasteiger partial charge on any atom is -0.410 e. The molecule has 3 aliphatic carbocycles. The molecule has 1 saturated heterocycles. The molecule has 2 saturated carbocycles. The van der Waals surface area contributed by atoms with Gasteiger partial charge in [-0.15, -0.1) is 0 Å². The van der Waals surface area contributed by atoms with Crippen molar-refractivity contribution in [1.29, 1.82) is 0 Å². The standard InChI is InChI=1S/C25H35NO4.C7H16.C5H7F5S/c1-16-15-26(12-13-29-16)24(27)30-18-5-7-19-17(14-18)4-6-21-20(19)10-11-25(2)22(21)8-9-23(25)28-3;1-5-7(3,4)6-2;6-4(7,2-1-3-11)5(8,9)10/h5,7,14,16,20-23H,4,6,8-13,15H2,1-3H3;5-6H2,1-4H3;11H,1-3H2. The van der Waals surface area contributed by atoms with Crippen molar-refractivity contribution < 1.29 is 41.0 Å². The van der Waals surface area contributed by atoms with Crippen molar-refractivity contribution in [2.75, 3.05) is 32.6 Å². The zero-order valence-electron chi connectivity index (χ0n) is 29.9. The van der Waals surface area contributed by atoms with Gasteiger partial charge < -0.3 is 19.1 Å². The Morgan fingerprint density at radius 2 is 1.77 bits per heavy atom. The number of ether oxygens (including phenoxy) is 3. The maximum absolute atomic E-state index is 12.6. The second-order valence-corrected chi connectivity index (χ2v) is 15.5. The minimum absolute atomic E-state index is 0.0334. The van der Waals surface area contributed by atoms with Gasteiger partial charge >= 0.3 is 18.2 Å². The topological polar surface area (TPSA) is 48.0 Å². The van der Waals surface area contributed by atoms with Gasteiger partial charge in [0.1, 0.15) is 5.75 Å². The first-order chi connectivity index (χ1) is 22.4. The summed E-state index contributed by atoms with van der Waals surface area (Å²) in [5.74, 6) is -1.67. The second kappa shape index (κ2) is 17.1. The molecule has 1 heterocycles. The summed E-state index contributed by atoms with van der Waals surface area (Å²) in [6, 6.07) is 6.36. The molecule has 4 aliphatic rings. The molecule has 0 radical (unpaired) electrons. The molecular weight excluding hydrogens is 649 g/mol. The fourth-order valence-electron chi connectivity index (χ4n) is 7.80. The molecule has 6 unspecified atom stereocenters. The molecule has 5 rings (SSSR count). The highest BCUT2D eigenvalue weighted by Crippen LogP contribution is 2.61. The number of hydrogen-bond acceptors (Lipinski definition) is 5. The Balaban J connectivity index is 0.000000288. The van der Waals surface area contributed by atoms with E-state index in [-0.39, 0.29) is 24.4 Å². The van der Waals surface area contributed by atoms with Crippen molar-refractivity contribution in [2.24, 2.45) is 22.7 Å². The van der Waals surface area contributed by atoms with Crippen LogP contribution in [-0.2, 0) is 15.9 Å². The van der Waals surface area contributed by atoms with Gasteiger partial charge in [-0.3, -0.25) is 0 Å². The van der Waals surface area contributed by atoms with Crippen LogP contribution in [0.4, 0.5) is 26.7 Å².